The van der Waals surface area contributed by atoms with Crippen molar-refractivity contribution in [1.29, 1.82) is 0 Å². The van der Waals surface area contributed by atoms with Crippen molar-refractivity contribution in [3.63, 3.8) is 0 Å². The molecule has 0 radical (unpaired) electrons. The van der Waals surface area contributed by atoms with E-state index in [-0.39, 0.29) is 29.3 Å². The van der Waals surface area contributed by atoms with Gasteiger partial charge in [0, 0.05) is 10.3 Å². The predicted octanol–water partition coefficient (Wildman–Crippen LogP) is 3.26. The molecule has 0 spiro atoms. The molecule has 2 rings (SSSR count). The zero-order valence-corrected chi connectivity index (χ0v) is 13.4. The Labute approximate surface area is 131 Å². The van der Waals surface area contributed by atoms with E-state index in [4.69, 9.17) is 4.74 Å². The highest BCUT2D eigenvalue weighted by Crippen LogP contribution is 2.22. The third kappa shape index (κ3) is 3.89. The van der Waals surface area contributed by atoms with E-state index in [1.165, 1.54) is 0 Å². The Bertz CT molecular complexity index is 608. The number of rotatable bonds is 6. The first-order chi connectivity index (χ1) is 10.2. The van der Waals surface area contributed by atoms with Crippen molar-refractivity contribution in [3.05, 3.63) is 38.5 Å². The summed E-state index contributed by atoms with van der Waals surface area (Å²) < 4.78 is 4.86. The molecule has 0 aromatic carbocycles. The third-order valence-corrected chi connectivity index (χ3v) is 4.60. The Hall–Kier alpha value is -1.73. The van der Waals surface area contributed by atoms with Gasteiger partial charge in [0.1, 0.15) is 5.69 Å². The van der Waals surface area contributed by atoms with Crippen LogP contribution in [0.4, 0.5) is 0 Å². The molecule has 7 heteroatoms. The third-order valence-electron chi connectivity index (χ3n) is 2.79. The minimum Gasteiger partial charge on any atom is -0.461 e. The first-order valence-electron chi connectivity index (χ1n) is 6.62. The lowest BCUT2D eigenvalue weighted by Gasteiger charge is -2.14. The van der Waals surface area contributed by atoms with Gasteiger partial charge in [-0.05, 0) is 24.8 Å². The van der Waals surface area contributed by atoms with Crippen molar-refractivity contribution < 1.29 is 14.3 Å². The quantitative estimate of drug-likeness (QED) is 0.828. The molecule has 2 aromatic heterocycles. The van der Waals surface area contributed by atoms with Crippen LogP contribution in [0.25, 0.3) is 0 Å². The van der Waals surface area contributed by atoms with Crippen molar-refractivity contribution in [2.24, 2.45) is 0 Å². The molecule has 1 unspecified atom stereocenters. The number of nitrogens with zero attached hydrogens (tertiary/aromatic N) is 1. The zero-order valence-electron chi connectivity index (χ0n) is 11.8. The minimum absolute atomic E-state index is 0.0368. The summed E-state index contributed by atoms with van der Waals surface area (Å²) in [5, 5.41) is 6.68. The molecule has 0 aliphatic heterocycles. The molecule has 0 saturated carbocycles. The van der Waals surface area contributed by atoms with Crippen molar-refractivity contribution in [2.75, 3.05) is 6.61 Å². The highest BCUT2D eigenvalue weighted by atomic mass is 32.1. The van der Waals surface area contributed by atoms with Crippen LogP contribution in [-0.2, 0) is 4.74 Å². The number of carbonyl (C=O) groups is 2. The summed E-state index contributed by atoms with van der Waals surface area (Å²) in [4.78, 5) is 28.9. The van der Waals surface area contributed by atoms with E-state index in [1.54, 1.807) is 23.6 Å². The van der Waals surface area contributed by atoms with E-state index in [9.17, 15) is 9.59 Å². The summed E-state index contributed by atoms with van der Waals surface area (Å²) in [6.45, 7) is 4.03. The van der Waals surface area contributed by atoms with Crippen LogP contribution in [0.3, 0.4) is 0 Å². The number of ether oxygens (including phenoxy) is 1. The van der Waals surface area contributed by atoms with Crippen LogP contribution >= 0.6 is 22.7 Å². The summed E-state index contributed by atoms with van der Waals surface area (Å²) in [5.41, 5.74) is 0.248. The summed E-state index contributed by atoms with van der Waals surface area (Å²) in [6, 6.07) is 3.91. The van der Waals surface area contributed by atoms with Crippen LogP contribution in [0.1, 0.15) is 51.5 Å². The second-order valence-electron chi connectivity index (χ2n) is 4.21. The lowest BCUT2D eigenvalue weighted by molar-refractivity contribution is 0.0526. The standard InChI is InChI=1S/C14H16N2O3S2/c1-3-9(11-6-5-7-20-11)15-12(17)10-8-21-13(16-10)14(18)19-4-2/h5-9H,3-4H2,1-2H3,(H,15,17). The van der Waals surface area contributed by atoms with Crippen LogP contribution in [0.2, 0.25) is 0 Å². The van der Waals surface area contributed by atoms with Gasteiger partial charge in [0.05, 0.1) is 12.6 Å². The number of nitrogens with one attached hydrogen (secondary N) is 1. The number of thiophene rings is 1. The molecule has 2 heterocycles. The average molecular weight is 324 g/mol. The van der Waals surface area contributed by atoms with Gasteiger partial charge in [0.25, 0.3) is 5.91 Å². The van der Waals surface area contributed by atoms with Gasteiger partial charge >= 0.3 is 5.97 Å². The van der Waals surface area contributed by atoms with Crippen LogP contribution in [0.5, 0.6) is 0 Å². The van der Waals surface area contributed by atoms with Gasteiger partial charge in [0.15, 0.2) is 0 Å². The fourth-order valence-corrected chi connectivity index (χ4v) is 3.31. The summed E-state index contributed by atoms with van der Waals surface area (Å²) in [5.74, 6) is -0.770. The van der Waals surface area contributed by atoms with E-state index < -0.39 is 5.97 Å². The Morgan fingerprint density at radius 2 is 2.19 bits per heavy atom. The van der Waals surface area contributed by atoms with Gasteiger partial charge < -0.3 is 10.1 Å². The highest BCUT2D eigenvalue weighted by Gasteiger charge is 2.19. The molecule has 0 saturated heterocycles. The maximum Gasteiger partial charge on any atom is 0.367 e. The van der Waals surface area contributed by atoms with Crippen LogP contribution in [0.15, 0.2) is 22.9 Å². The Morgan fingerprint density at radius 3 is 2.81 bits per heavy atom. The minimum atomic E-state index is -0.494. The number of esters is 1. The van der Waals surface area contributed by atoms with E-state index >= 15 is 0 Å². The Morgan fingerprint density at radius 1 is 1.38 bits per heavy atom. The molecule has 1 N–H and O–H groups in total. The summed E-state index contributed by atoms with van der Waals surface area (Å²) >= 11 is 2.72. The number of carbonyl (C=O) groups excluding carboxylic acids is 2. The second kappa shape index (κ2) is 7.33. The topological polar surface area (TPSA) is 68.3 Å². The van der Waals surface area contributed by atoms with Crippen molar-refractivity contribution in [1.82, 2.24) is 10.3 Å². The molecule has 0 aliphatic rings. The average Bonchev–Trinajstić information content (AvgIpc) is 3.15. The second-order valence-corrected chi connectivity index (χ2v) is 6.05. The molecule has 21 heavy (non-hydrogen) atoms. The SMILES string of the molecule is CCOC(=O)c1nc(C(=O)NC(CC)c2cccs2)cs1. The van der Waals surface area contributed by atoms with E-state index in [0.717, 1.165) is 22.6 Å². The van der Waals surface area contributed by atoms with Gasteiger partial charge in [-0.3, -0.25) is 4.79 Å². The van der Waals surface area contributed by atoms with Gasteiger partial charge in [-0.2, -0.15) is 0 Å². The summed E-state index contributed by atoms with van der Waals surface area (Å²) in [6.07, 6.45) is 0.793. The molecular weight excluding hydrogens is 308 g/mol. The number of amides is 1. The Balaban J connectivity index is 2.05. The maximum atomic E-state index is 12.2. The molecule has 1 amide bonds. The molecule has 0 fully saturated rings. The van der Waals surface area contributed by atoms with Crippen molar-refractivity contribution >= 4 is 34.6 Å². The normalized spacial score (nSPS) is 11.9. The highest BCUT2D eigenvalue weighted by molar-refractivity contribution is 7.11. The maximum absolute atomic E-state index is 12.2. The van der Waals surface area contributed by atoms with Gasteiger partial charge in [-0.1, -0.05) is 13.0 Å². The van der Waals surface area contributed by atoms with Crippen molar-refractivity contribution in [2.45, 2.75) is 26.3 Å². The Kier molecular flexibility index (Phi) is 5.46. The fourth-order valence-electron chi connectivity index (χ4n) is 1.76. The van der Waals surface area contributed by atoms with Crippen molar-refractivity contribution in [3.8, 4) is 0 Å². The largest absolute Gasteiger partial charge is 0.461 e. The number of thiazole rings is 1. The smallest absolute Gasteiger partial charge is 0.367 e. The van der Waals surface area contributed by atoms with E-state index in [2.05, 4.69) is 10.3 Å². The molecule has 0 aliphatic carbocycles. The molecule has 1 atom stereocenters. The lowest BCUT2D eigenvalue weighted by atomic mass is 10.2. The van der Waals surface area contributed by atoms with Gasteiger partial charge in [-0.15, -0.1) is 22.7 Å². The first kappa shape index (κ1) is 15.7. The van der Waals surface area contributed by atoms with Crippen LogP contribution < -0.4 is 5.32 Å². The number of aromatic nitrogens is 1. The molecule has 5 nitrogen and oxygen atoms in total. The van der Waals surface area contributed by atoms with Crippen LogP contribution in [-0.4, -0.2) is 23.5 Å². The molecule has 0 bridgehead atoms. The first-order valence-corrected chi connectivity index (χ1v) is 8.38. The predicted molar refractivity (Wildman–Crippen MR) is 82.9 cm³/mol. The fraction of sp³-hybridized carbons (Fsp3) is 0.357. The summed E-state index contributed by atoms with van der Waals surface area (Å²) in [7, 11) is 0. The monoisotopic (exact) mass is 324 g/mol. The van der Waals surface area contributed by atoms with E-state index in [1.807, 2.05) is 24.4 Å². The van der Waals surface area contributed by atoms with Gasteiger partial charge in [0.2, 0.25) is 5.01 Å². The molecule has 2 aromatic rings. The lowest BCUT2D eigenvalue weighted by Crippen LogP contribution is -2.28. The molecular formula is C14H16N2O3S2. The zero-order chi connectivity index (χ0) is 15.2. The molecule has 112 valence electrons. The van der Waals surface area contributed by atoms with E-state index in [0.29, 0.717) is 0 Å². The number of hydrogen-bond donors (Lipinski definition) is 1. The van der Waals surface area contributed by atoms with Gasteiger partial charge in [-0.25, -0.2) is 9.78 Å². The van der Waals surface area contributed by atoms with Crippen LogP contribution in [0, 0.1) is 0 Å². The number of hydrogen-bond acceptors (Lipinski definition) is 6.